The number of pyridine rings is 1. The number of hydrogen-bond donors (Lipinski definition) is 2. The van der Waals surface area contributed by atoms with Crippen LogP contribution >= 0.6 is 0 Å². The Morgan fingerprint density at radius 2 is 2.35 bits per heavy atom. The SMILES string of the molecule is CCC[C@H]1CCC[C@@H](Nc2c(C(=O)OC)cnc3[nH]ccc23)C1. The van der Waals surface area contributed by atoms with Gasteiger partial charge in [0.15, 0.2) is 0 Å². The van der Waals surface area contributed by atoms with Crippen LogP contribution in [0.1, 0.15) is 55.8 Å². The van der Waals surface area contributed by atoms with Gasteiger partial charge in [0.2, 0.25) is 0 Å². The minimum atomic E-state index is -0.344. The second kappa shape index (κ2) is 7.02. The van der Waals surface area contributed by atoms with Crippen molar-refractivity contribution < 1.29 is 9.53 Å². The summed E-state index contributed by atoms with van der Waals surface area (Å²) in [4.78, 5) is 19.5. The van der Waals surface area contributed by atoms with Gasteiger partial charge in [-0.15, -0.1) is 0 Å². The molecule has 0 unspecified atom stereocenters. The van der Waals surface area contributed by atoms with Crippen LogP contribution in [0, 0.1) is 5.92 Å². The highest BCUT2D eigenvalue weighted by Crippen LogP contribution is 2.33. The Bertz CT molecular complexity index is 678. The molecule has 1 fully saturated rings. The fraction of sp³-hybridized carbons (Fsp3) is 0.556. The number of nitrogens with one attached hydrogen (secondary N) is 2. The lowest BCUT2D eigenvalue weighted by atomic mass is 9.83. The number of aromatic nitrogens is 2. The van der Waals surface area contributed by atoms with E-state index in [9.17, 15) is 4.79 Å². The maximum Gasteiger partial charge on any atom is 0.341 e. The second-order valence-electron chi connectivity index (χ2n) is 6.44. The molecule has 1 saturated carbocycles. The number of carbonyl (C=O) groups is 1. The molecule has 1 aliphatic rings. The zero-order chi connectivity index (χ0) is 16.2. The summed E-state index contributed by atoms with van der Waals surface area (Å²) < 4.78 is 4.92. The number of methoxy groups -OCH3 is 1. The van der Waals surface area contributed by atoms with Crippen LogP contribution in [0.5, 0.6) is 0 Å². The molecule has 0 aliphatic heterocycles. The first kappa shape index (κ1) is 15.8. The van der Waals surface area contributed by atoms with Crippen molar-refractivity contribution in [2.75, 3.05) is 12.4 Å². The second-order valence-corrected chi connectivity index (χ2v) is 6.44. The first-order chi connectivity index (χ1) is 11.2. The van der Waals surface area contributed by atoms with E-state index in [0.717, 1.165) is 29.1 Å². The first-order valence-electron chi connectivity index (χ1n) is 8.53. The molecule has 5 nitrogen and oxygen atoms in total. The third-order valence-electron chi connectivity index (χ3n) is 4.82. The van der Waals surface area contributed by atoms with Gasteiger partial charge in [0, 0.05) is 23.8 Å². The fourth-order valence-electron chi connectivity index (χ4n) is 3.72. The van der Waals surface area contributed by atoms with Gasteiger partial charge in [-0.2, -0.15) is 0 Å². The first-order valence-corrected chi connectivity index (χ1v) is 8.53. The van der Waals surface area contributed by atoms with Crippen molar-refractivity contribution in [3.05, 3.63) is 24.0 Å². The Morgan fingerprint density at radius 1 is 1.48 bits per heavy atom. The maximum absolute atomic E-state index is 12.1. The van der Waals surface area contributed by atoms with E-state index < -0.39 is 0 Å². The lowest BCUT2D eigenvalue weighted by Gasteiger charge is -2.31. The molecule has 5 heteroatoms. The molecule has 3 rings (SSSR count). The Hall–Kier alpha value is -2.04. The number of hydrogen-bond acceptors (Lipinski definition) is 4. The molecule has 0 bridgehead atoms. The van der Waals surface area contributed by atoms with Crippen molar-refractivity contribution in [1.82, 2.24) is 9.97 Å². The highest BCUT2D eigenvalue weighted by atomic mass is 16.5. The van der Waals surface area contributed by atoms with Crippen molar-refractivity contribution in [1.29, 1.82) is 0 Å². The smallest absolute Gasteiger partial charge is 0.341 e. The van der Waals surface area contributed by atoms with Crippen LogP contribution < -0.4 is 5.32 Å². The third-order valence-corrected chi connectivity index (χ3v) is 4.82. The van der Waals surface area contributed by atoms with Gasteiger partial charge in [-0.1, -0.05) is 32.6 Å². The van der Waals surface area contributed by atoms with E-state index in [1.807, 2.05) is 12.3 Å². The van der Waals surface area contributed by atoms with Gasteiger partial charge in [0.05, 0.1) is 12.8 Å². The average Bonchev–Trinajstić information content (AvgIpc) is 3.04. The van der Waals surface area contributed by atoms with Crippen LogP contribution in [-0.4, -0.2) is 29.1 Å². The largest absolute Gasteiger partial charge is 0.465 e. The van der Waals surface area contributed by atoms with Gasteiger partial charge in [-0.3, -0.25) is 0 Å². The van der Waals surface area contributed by atoms with Gasteiger partial charge in [-0.05, 0) is 24.8 Å². The van der Waals surface area contributed by atoms with E-state index in [-0.39, 0.29) is 5.97 Å². The van der Waals surface area contributed by atoms with E-state index in [1.54, 1.807) is 6.20 Å². The van der Waals surface area contributed by atoms with E-state index >= 15 is 0 Å². The van der Waals surface area contributed by atoms with Crippen molar-refractivity contribution in [2.24, 2.45) is 5.92 Å². The van der Waals surface area contributed by atoms with Gasteiger partial charge < -0.3 is 15.0 Å². The monoisotopic (exact) mass is 315 g/mol. The Balaban J connectivity index is 1.88. The molecule has 124 valence electrons. The molecular weight excluding hydrogens is 290 g/mol. The molecule has 0 amide bonds. The minimum Gasteiger partial charge on any atom is -0.465 e. The predicted octanol–water partition coefficient (Wildman–Crippen LogP) is 4.12. The molecule has 1 aliphatic carbocycles. The number of carbonyl (C=O) groups excluding carboxylic acids is 1. The Kier molecular flexibility index (Phi) is 4.84. The molecule has 2 heterocycles. The summed E-state index contributed by atoms with van der Waals surface area (Å²) in [5.41, 5.74) is 2.16. The molecular formula is C18H25N3O2. The molecule has 2 aromatic heterocycles. The number of nitrogens with zero attached hydrogens (tertiary/aromatic N) is 1. The summed E-state index contributed by atoms with van der Waals surface area (Å²) in [6.45, 7) is 2.25. The van der Waals surface area contributed by atoms with Crippen LogP contribution in [0.4, 0.5) is 5.69 Å². The topological polar surface area (TPSA) is 67.0 Å². The van der Waals surface area contributed by atoms with Crippen LogP contribution in [0.25, 0.3) is 11.0 Å². The minimum absolute atomic E-state index is 0.344. The molecule has 0 spiro atoms. The maximum atomic E-state index is 12.1. The molecule has 2 N–H and O–H groups in total. The van der Waals surface area contributed by atoms with Crippen molar-refractivity contribution in [3.63, 3.8) is 0 Å². The summed E-state index contributed by atoms with van der Waals surface area (Å²) in [6, 6.07) is 2.37. The number of rotatable bonds is 5. The standard InChI is InChI=1S/C18H25N3O2/c1-3-5-12-6-4-7-13(10-12)21-16-14-8-9-19-17(14)20-11-15(16)18(22)23-2/h8-9,11-13H,3-7,10H2,1-2H3,(H2,19,20,21)/t12-,13+/m0/s1. The molecule has 2 aromatic rings. The van der Waals surface area contributed by atoms with Crippen LogP contribution in [0.3, 0.4) is 0 Å². The number of anilines is 1. The quantitative estimate of drug-likeness (QED) is 0.814. The highest BCUT2D eigenvalue weighted by molar-refractivity contribution is 6.04. The molecule has 23 heavy (non-hydrogen) atoms. The predicted molar refractivity (Wildman–Crippen MR) is 91.7 cm³/mol. The van der Waals surface area contributed by atoms with Crippen molar-refractivity contribution in [3.8, 4) is 0 Å². The zero-order valence-electron chi connectivity index (χ0n) is 13.9. The highest BCUT2D eigenvalue weighted by Gasteiger charge is 2.24. The van der Waals surface area contributed by atoms with Crippen LogP contribution in [-0.2, 0) is 4.74 Å². The van der Waals surface area contributed by atoms with Gasteiger partial charge in [-0.25, -0.2) is 9.78 Å². The summed E-state index contributed by atoms with van der Waals surface area (Å²) in [6.07, 6.45) is 10.9. The van der Waals surface area contributed by atoms with E-state index in [2.05, 4.69) is 22.2 Å². The zero-order valence-corrected chi connectivity index (χ0v) is 13.9. The number of ether oxygens (including phenoxy) is 1. The Labute approximate surface area is 136 Å². The molecule has 0 aromatic carbocycles. The fourth-order valence-corrected chi connectivity index (χ4v) is 3.72. The summed E-state index contributed by atoms with van der Waals surface area (Å²) >= 11 is 0. The number of H-pyrrole nitrogens is 1. The van der Waals surface area contributed by atoms with Crippen LogP contribution in [0.15, 0.2) is 18.5 Å². The van der Waals surface area contributed by atoms with Crippen molar-refractivity contribution in [2.45, 2.75) is 51.5 Å². The lowest BCUT2D eigenvalue weighted by molar-refractivity contribution is 0.0601. The normalized spacial score (nSPS) is 21.3. The van der Waals surface area contributed by atoms with Crippen LogP contribution in [0.2, 0.25) is 0 Å². The summed E-state index contributed by atoms with van der Waals surface area (Å²) in [7, 11) is 1.41. The average molecular weight is 315 g/mol. The Morgan fingerprint density at radius 3 is 3.13 bits per heavy atom. The lowest BCUT2D eigenvalue weighted by Crippen LogP contribution is -2.28. The molecule has 0 saturated heterocycles. The van der Waals surface area contributed by atoms with Gasteiger partial charge in [0.25, 0.3) is 0 Å². The molecule has 2 atom stereocenters. The van der Waals surface area contributed by atoms with E-state index in [0.29, 0.717) is 11.6 Å². The third kappa shape index (κ3) is 3.33. The number of aromatic amines is 1. The summed E-state index contributed by atoms with van der Waals surface area (Å²) in [5.74, 6) is 0.445. The number of esters is 1. The van der Waals surface area contributed by atoms with Crippen molar-refractivity contribution >= 4 is 22.7 Å². The van der Waals surface area contributed by atoms with Gasteiger partial charge in [0.1, 0.15) is 11.2 Å². The molecule has 0 radical (unpaired) electrons. The van der Waals surface area contributed by atoms with E-state index in [1.165, 1.54) is 39.2 Å². The van der Waals surface area contributed by atoms with E-state index in [4.69, 9.17) is 4.74 Å². The summed E-state index contributed by atoms with van der Waals surface area (Å²) in [5, 5.41) is 4.57. The van der Waals surface area contributed by atoms with Gasteiger partial charge >= 0.3 is 5.97 Å². The number of fused-ring (bicyclic) bond motifs is 1.